The first-order valence-corrected chi connectivity index (χ1v) is 6.59. The van der Waals surface area contributed by atoms with Crippen LogP contribution in [0.15, 0.2) is 5.38 Å². The van der Waals surface area contributed by atoms with Gasteiger partial charge < -0.3 is 10.1 Å². The summed E-state index contributed by atoms with van der Waals surface area (Å²) in [4.78, 5) is 4.68. The van der Waals surface area contributed by atoms with Crippen molar-refractivity contribution in [3.05, 3.63) is 16.1 Å². The molecule has 1 heterocycles. The summed E-state index contributed by atoms with van der Waals surface area (Å²) in [5, 5.41) is 6.64. The second-order valence-corrected chi connectivity index (χ2v) is 5.35. The number of rotatable bonds is 6. The van der Waals surface area contributed by atoms with Crippen molar-refractivity contribution in [2.45, 2.75) is 32.7 Å². The molecule has 4 heteroatoms. The monoisotopic (exact) mass is 242 g/mol. The van der Waals surface area contributed by atoms with Crippen LogP contribution in [0.1, 0.15) is 43.4 Å². The number of methoxy groups -OCH3 is 1. The summed E-state index contributed by atoms with van der Waals surface area (Å²) in [5.74, 6) is 0.932. The molecule has 0 spiro atoms. The van der Waals surface area contributed by atoms with Crippen molar-refractivity contribution in [1.29, 1.82) is 0 Å². The molecule has 0 amide bonds. The highest BCUT2D eigenvalue weighted by atomic mass is 32.1. The highest BCUT2D eigenvalue weighted by molar-refractivity contribution is 7.09. The van der Waals surface area contributed by atoms with Gasteiger partial charge in [-0.15, -0.1) is 11.3 Å². The molecule has 3 nitrogen and oxygen atoms in total. The lowest BCUT2D eigenvalue weighted by molar-refractivity contribution is 0.141. The summed E-state index contributed by atoms with van der Waals surface area (Å²) in [6.07, 6.45) is 0. The van der Waals surface area contributed by atoms with E-state index in [1.165, 1.54) is 5.69 Å². The molecule has 0 saturated heterocycles. The highest BCUT2D eigenvalue weighted by Gasteiger charge is 2.21. The van der Waals surface area contributed by atoms with Crippen molar-refractivity contribution < 1.29 is 4.74 Å². The molecule has 0 fully saturated rings. The predicted molar refractivity (Wildman–Crippen MR) is 69.0 cm³/mol. The summed E-state index contributed by atoms with van der Waals surface area (Å²) < 4.78 is 5.20. The summed E-state index contributed by atoms with van der Waals surface area (Å²) >= 11 is 1.74. The first kappa shape index (κ1) is 13.6. The van der Waals surface area contributed by atoms with E-state index < -0.39 is 0 Å². The zero-order valence-corrected chi connectivity index (χ0v) is 11.6. The quantitative estimate of drug-likeness (QED) is 0.833. The summed E-state index contributed by atoms with van der Waals surface area (Å²) in [6, 6.07) is 0.289. The summed E-state index contributed by atoms with van der Waals surface area (Å²) in [5.41, 5.74) is 1.19. The largest absolute Gasteiger partial charge is 0.384 e. The molecule has 1 aromatic rings. The summed E-state index contributed by atoms with van der Waals surface area (Å²) in [6.45, 7) is 7.28. The fourth-order valence-electron chi connectivity index (χ4n) is 1.72. The molecular formula is C12H22N2OS. The lowest BCUT2D eigenvalue weighted by atomic mass is 10.0. The normalized spacial score (nSPS) is 15.4. The highest BCUT2D eigenvalue weighted by Crippen LogP contribution is 2.27. The zero-order chi connectivity index (χ0) is 12.1. The van der Waals surface area contributed by atoms with Gasteiger partial charge in [-0.1, -0.05) is 20.8 Å². The SMILES string of the molecule is CNC(c1nc(C(C)C)cs1)C(C)COC. The third-order valence-electron chi connectivity index (χ3n) is 2.71. The van der Waals surface area contributed by atoms with Crippen molar-refractivity contribution in [1.82, 2.24) is 10.3 Å². The smallest absolute Gasteiger partial charge is 0.110 e. The van der Waals surface area contributed by atoms with Crippen molar-refractivity contribution >= 4 is 11.3 Å². The van der Waals surface area contributed by atoms with Crippen molar-refractivity contribution in [3.8, 4) is 0 Å². The van der Waals surface area contributed by atoms with Crippen LogP contribution in [0.2, 0.25) is 0 Å². The molecule has 0 aliphatic carbocycles. The van der Waals surface area contributed by atoms with Crippen molar-refractivity contribution in [2.75, 3.05) is 20.8 Å². The van der Waals surface area contributed by atoms with E-state index in [1.54, 1.807) is 18.4 Å². The van der Waals surface area contributed by atoms with Gasteiger partial charge >= 0.3 is 0 Å². The molecule has 2 unspecified atom stereocenters. The Labute approximate surface area is 102 Å². The molecule has 0 radical (unpaired) electrons. The molecular weight excluding hydrogens is 220 g/mol. The van der Waals surface area contributed by atoms with Gasteiger partial charge in [0.25, 0.3) is 0 Å². The molecule has 0 aliphatic rings. The molecule has 0 aromatic carbocycles. The Morgan fingerprint density at radius 2 is 2.12 bits per heavy atom. The van der Waals surface area contributed by atoms with Gasteiger partial charge in [0.15, 0.2) is 0 Å². The molecule has 92 valence electrons. The zero-order valence-electron chi connectivity index (χ0n) is 10.8. The number of ether oxygens (including phenoxy) is 1. The van der Waals surface area contributed by atoms with Gasteiger partial charge in [0.05, 0.1) is 18.3 Å². The first-order valence-electron chi connectivity index (χ1n) is 5.71. The Hall–Kier alpha value is -0.450. The third-order valence-corrected chi connectivity index (χ3v) is 3.65. The van der Waals surface area contributed by atoms with Crippen molar-refractivity contribution in [2.24, 2.45) is 5.92 Å². The van der Waals surface area contributed by atoms with Crippen LogP contribution in [-0.2, 0) is 4.74 Å². The fraction of sp³-hybridized carbons (Fsp3) is 0.750. The van der Waals surface area contributed by atoms with Gasteiger partial charge in [0, 0.05) is 18.4 Å². The Balaban J connectivity index is 2.78. The van der Waals surface area contributed by atoms with Crippen LogP contribution < -0.4 is 5.32 Å². The van der Waals surface area contributed by atoms with Crippen molar-refractivity contribution in [3.63, 3.8) is 0 Å². The Kier molecular flexibility index (Phi) is 5.38. The molecule has 2 atom stereocenters. The van der Waals surface area contributed by atoms with E-state index in [0.717, 1.165) is 11.6 Å². The number of hydrogen-bond donors (Lipinski definition) is 1. The minimum absolute atomic E-state index is 0.289. The van der Waals surface area contributed by atoms with Gasteiger partial charge in [0.2, 0.25) is 0 Å². The van der Waals surface area contributed by atoms with Crippen LogP contribution in [0.5, 0.6) is 0 Å². The molecule has 0 saturated carbocycles. The average molecular weight is 242 g/mol. The number of nitrogens with one attached hydrogen (secondary N) is 1. The van der Waals surface area contributed by atoms with Gasteiger partial charge in [-0.3, -0.25) is 0 Å². The van der Waals surface area contributed by atoms with E-state index in [4.69, 9.17) is 4.74 Å². The standard InChI is InChI=1S/C12H22N2OS/c1-8(2)10-7-16-12(14-10)11(13-4)9(3)6-15-5/h7-9,11,13H,6H2,1-5H3. The first-order chi connectivity index (χ1) is 7.60. The van der Waals surface area contributed by atoms with E-state index >= 15 is 0 Å². The molecule has 0 bridgehead atoms. The fourth-order valence-corrected chi connectivity index (χ4v) is 2.94. The molecule has 0 aliphatic heterocycles. The molecule has 1 rings (SSSR count). The van der Waals surface area contributed by atoms with E-state index in [9.17, 15) is 0 Å². The van der Waals surface area contributed by atoms with Crippen LogP contribution in [0.3, 0.4) is 0 Å². The Bertz CT molecular complexity index is 312. The van der Waals surface area contributed by atoms with Crippen LogP contribution in [0.4, 0.5) is 0 Å². The van der Waals surface area contributed by atoms with E-state index in [2.05, 4.69) is 36.5 Å². The third kappa shape index (κ3) is 3.27. The molecule has 16 heavy (non-hydrogen) atoms. The van der Waals surface area contributed by atoms with Crippen LogP contribution in [0, 0.1) is 5.92 Å². The number of nitrogens with zero attached hydrogens (tertiary/aromatic N) is 1. The maximum Gasteiger partial charge on any atom is 0.110 e. The predicted octanol–water partition coefficient (Wildman–Crippen LogP) is 2.81. The lowest BCUT2D eigenvalue weighted by Gasteiger charge is -2.20. The van der Waals surface area contributed by atoms with E-state index in [0.29, 0.717) is 11.8 Å². The topological polar surface area (TPSA) is 34.2 Å². The van der Waals surface area contributed by atoms with E-state index in [-0.39, 0.29) is 6.04 Å². The van der Waals surface area contributed by atoms with E-state index in [1.807, 2.05) is 7.05 Å². The second kappa shape index (κ2) is 6.33. The Morgan fingerprint density at radius 3 is 2.56 bits per heavy atom. The van der Waals surface area contributed by atoms with Gasteiger partial charge in [-0.25, -0.2) is 4.98 Å². The van der Waals surface area contributed by atoms with Gasteiger partial charge in [0.1, 0.15) is 5.01 Å². The number of aromatic nitrogens is 1. The van der Waals surface area contributed by atoms with Crippen LogP contribution in [0.25, 0.3) is 0 Å². The van der Waals surface area contributed by atoms with Gasteiger partial charge in [-0.05, 0) is 13.0 Å². The number of thiazole rings is 1. The van der Waals surface area contributed by atoms with Gasteiger partial charge in [-0.2, -0.15) is 0 Å². The minimum Gasteiger partial charge on any atom is -0.384 e. The summed E-state index contributed by atoms with van der Waals surface area (Å²) in [7, 11) is 3.72. The lowest BCUT2D eigenvalue weighted by Crippen LogP contribution is -2.26. The van der Waals surface area contributed by atoms with Crippen LogP contribution >= 0.6 is 11.3 Å². The molecule has 1 aromatic heterocycles. The Morgan fingerprint density at radius 1 is 1.44 bits per heavy atom. The second-order valence-electron chi connectivity index (χ2n) is 4.46. The number of hydrogen-bond acceptors (Lipinski definition) is 4. The maximum atomic E-state index is 5.20. The maximum absolute atomic E-state index is 5.20. The minimum atomic E-state index is 0.289. The average Bonchev–Trinajstić information content (AvgIpc) is 2.68. The molecule has 1 N–H and O–H groups in total. The van der Waals surface area contributed by atoms with Crippen LogP contribution in [-0.4, -0.2) is 25.7 Å².